The standard InChI is InChI=1S/C10H22N2O2.2ClH/c1-11-3-7-13-9-5-12(2)6-10-14-8-4-11;;/h3-10H2,1-2H3;2*1H. The fourth-order valence-corrected chi connectivity index (χ4v) is 1.31. The van der Waals surface area contributed by atoms with E-state index >= 15 is 0 Å². The maximum atomic E-state index is 5.52. The van der Waals surface area contributed by atoms with Crippen molar-refractivity contribution in [3.63, 3.8) is 0 Å². The van der Waals surface area contributed by atoms with E-state index in [0.29, 0.717) is 0 Å². The first-order chi connectivity index (χ1) is 6.79. The molecule has 1 saturated heterocycles. The van der Waals surface area contributed by atoms with Crippen molar-refractivity contribution in [1.82, 2.24) is 9.80 Å². The zero-order valence-electron chi connectivity index (χ0n) is 10.2. The van der Waals surface area contributed by atoms with E-state index < -0.39 is 0 Å². The van der Waals surface area contributed by atoms with Gasteiger partial charge in [0.05, 0.1) is 26.4 Å². The zero-order valence-corrected chi connectivity index (χ0v) is 11.8. The lowest BCUT2D eigenvalue weighted by molar-refractivity contribution is 0.0504. The van der Waals surface area contributed by atoms with Crippen LogP contribution in [0, 0.1) is 0 Å². The number of halogens is 2. The van der Waals surface area contributed by atoms with Crippen LogP contribution in [0.3, 0.4) is 0 Å². The fourth-order valence-electron chi connectivity index (χ4n) is 1.31. The summed E-state index contributed by atoms with van der Waals surface area (Å²) in [6.45, 7) is 7.27. The third kappa shape index (κ3) is 9.63. The van der Waals surface area contributed by atoms with Crippen molar-refractivity contribution in [2.75, 3.05) is 66.7 Å². The van der Waals surface area contributed by atoms with Crippen molar-refractivity contribution >= 4 is 24.8 Å². The molecule has 0 amide bonds. The summed E-state index contributed by atoms with van der Waals surface area (Å²) >= 11 is 0. The molecular formula is C10H24Cl2N2O2. The van der Waals surface area contributed by atoms with Gasteiger partial charge < -0.3 is 19.3 Å². The van der Waals surface area contributed by atoms with E-state index in [1.165, 1.54) is 0 Å². The van der Waals surface area contributed by atoms with E-state index in [2.05, 4.69) is 23.9 Å². The van der Waals surface area contributed by atoms with Gasteiger partial charge in [0.15, 0.2) is 0 Å². The molecule has 6 heteroatoms. The highest BCUT2D eigenvalue weighted by molar-refractivity contribution is 5.85. The molecule has 16 heavy (non-hydrogen) atoms. The van der Waals surface area contributed by atoms with Gasteiger partial charge in [-0.2, -0.15) is 0 Å². The number of nitrogens with zero attached hydrogens (tertiary/aromatic N) is 2. The van der Waals surface area contributed by atoms with Gasteiger partial charge in [0.2, 0.25) is 0 Å². The lowest BCUT2D eigenvalue weighted by Crippen LogP contribution is -2.32. The topological polar surface area (TPSA) is 24.9 Å². The Morgan fingerprint density at radius 1 is 0.625 bits per heavy atom. The highest BCUT2D eigenvalue weighted by Crippen LogP contribution is 1.90. The van der Waals surface area contributed by atoms with Gasteiger partial charge in [-0.25, -0.2) is 0 Å². The largest absolute Gasteiger partial charge is 0.379 e. The molecule has 0 radical (unpaired) electrons. The molecule has 0 N–H and O–H groups in total. The van der Waals surface area contributed by atoms with Crippen LogP contribution in [-0.4, -0.2) is 76.5 Å². The Hall–Kier alpha value is 0.420. The van der Waals surface area contributed by atoms with Gasteiger partial charge in [0.1, 0.15) is 0 Å². The van der Waals surface area contributed by atoms with Crippen LogP contribution in [0.5, 0.6) is 0 Å². The SMILES string of the molecule is CN1CCOCCN(C)CCOCC1.Cl.Cl. The summed E-state index contributed by atoms with van der Waals surface area (Å²) in [7, 11) is 4.20. The molecule has 1 rings (SSSR count). The summed E-state index contributed by atoms with van der Waals surface area (Å²) in [5.74, 6) is 0. The summed E-state index contributed by atoms with van der Waals surface area (Å²) in [6, 6.07) is 0. The second-order valence-electron chi connectivity index (χ2n) is 3.83. The van der Waals surface area contributed by atoms with Gasteiger partial charge in [0, 0.05) is 26.2 Å². The lowest BCUT2D eigenvalue weighted by atomic mass is 10.5. The fraction of sp³-hybridized carbons (Fsp3) is 1.00. The minimum atomic E-state index is 0. The molecule has 0 aliphatic carbocycles. The van der Waals surface area contributed by atoms with Crippen LogP contribution in [0.25, 0.3) is 0 Å². The van der Waals surface area contributed by atoms with Crippen molar-refractivity contribution < 1.29 is 9.47 Å². The van der Waals surface area contributed by atoms with E-state index in [1.54, 1.807) is 0 Å². The molecule has 1 fully saturated rings. The first kappa shape index (κ1) is 18.8. The van der Waals surface area contributed by atoms with Crippen LogP contribution in [0.4, 0.5) is 0 Å². The summed E-state index contributed by atoms with van der Waals surface area (Å²) in [6.07, 6.45) is 0. The molecule has 0 bridgehead atoms. The average molecular weight is 275 g/mol. The average Bonchev–Trinajstić information content (AvgIpc) is 2.14. The normalized spacial score (nSPS) is 22.1. The van der Waals surface area contributed by atoms with Gasteiger partial charge >= 0.3 is 0 Å². The number of rotatable bonds is 0. The molecule has 1 heterocycles. The van der Waals surface area contributed by atoms with Crippen LogP contribution >= 0.6 is 24.8 Å². The Labute approximate surface area is 111 Å². The summed E-state index contributed by atoms with van der Waals surface area (Å²) < 4.78 is 11.0. The summed E-state index contributed by atoms with van der Waals surface area (Å²) in [4.78, 5) is 4.48. The van der Waals surface area contributed by atoms with Crippen LogP contribution in [-0.2, 0) is 9.47 Å². The summed E-state index contributed by atoms with van der Waals surface area (Å²) in [5.41, 5.74) is 0. The Bertz CT molecular complexity index is 125. The smallest absolute Gasteiger partial charge is 0.0594 e. The first-order valence-electron chi connectivity index (χ1n) is 5.31. The Morgan fingerprint density at radius 2 is 0.875 bits per heavy atom. The number of ether oxygens (including phenoxy) is 2. The molecule has 0 saturated carbocycles. The molecule has 0 unspecified atom stereocenters. The molecule has 1 aliphatic rings. The first-order valence-corrected chi connectivity index (χ1v) is 5.31. The maximum absolute atomic E-state index is 5.52. The van der Waals surface area contributed by atoms with E-state index in [0.717, 1.165) is 52.6 Å². The van der Waals surface area contributed by atoms with Gasteiger partial charge in [-0.3, -0.25) is 0 Å². The molecule has 100 valence electrons. The van der Waals surface area contributed by atoms with Gasteiger partial charge in [-0.1, -0.05) is 0 Å². The molecule has 0 spiro atoms. The van der Waals surface area contributed by atoms with Crippen LogP contribution in [0.1, 0.15) is 0 Å². The molecule has 0 aromatic rings. The second-order valence-corrected chi connectivity index (χ2v) is 3.83. The van der Waals surface area contributed by atoms with E-state index in [-0.39, 0.29) is 24.8 Å². The quantitative estimate of drug-likeness (QED) is 0.651. The van der Waals surface area contributed by atoms with Gasteiger partial charge in [-0.05, 0) is 14.1 Å². The van der Waals surface area contributed by atoms with Crippen molar-refractivity contribution in [3.05, 3.63) is 0 Å². The van der Waals surface area contributed by atoms with Gasteiger partial charge in [-0.15, -0.1) is 24.8 Å². The zero-order chi connectivity index (χ0) is 10.2. The number of hydrogen-bond donors (Lipinski definition) is 0. The van der Waals surface area contributed by atoms with E-state index in [9.17, 15) is 0 Å². The third-order valence-electron chi connectivity index (χ3n) is 2.47. The lowest BCUT2D eigenvalue weighted by Gasteiger charge is -2.21. The minimum Gasteiger partial charge on any atom is -0.379 e. The van der Waals surface area contributed by atoms with Crippen LogP contribution in [0.15, 0.2) is 0 Å². The molecule has 0 aromatic heterocycles. The maximum Gasteiger partial charge on any atom is 0.0594 e. The molecule has 0 atom stereocenters. The monoisotopic (exact) mass is 274 g/mol. The Kier molecular flexibility index (Phi) is 14.0. The van der Waals surface area contributed by atoms with Gasteiger partial charge in [0.25, 0.3) is 0 Å². The van der Waals surface area contributed by atoms with E-state index in [1.807, 2.05) is 0 Å². The predicted octanol–water partition coefficient (Wildman–Crippen LogP) is 0.740. The molecule has 1 aliphatic heterocycles. The number of hydrogen-bond acceptors (Lipinski definition) is 4. The van der Waals surface area contributed by atoms with Crippen molar-refractivity contribution in [1.29, 1.82) is 0 Å². The molecule has 0 aromatic carbocycles. The Morgan fingerprint density at radius 3 is 1.12 bits per heavy atom. The predicted molar refractivity (Wildman–Crippen MR) is 71.1 cm³/mol. The Balaban J connectivity index is 0. The van der Waals surface area contributed by atoms with Crippen LogP contribution < -0.4 is 0 Å². The van der Waals surface area contributed by atoms with Crippen molar-refractivity contribution in [2.45, 2.75) is 0 Å². The summed E-state index contributed by atoms with van der Waals surface area (Å²) in [5, 5.41) is 0. The van der Waals surface area contributed by atoms with Crippen LogP contribution in [0.2, 0.25) is 0 Å². The minimum absolute atomic E-state index is 0. The highest BCUT2D eigenvalue weighted by Gasteiger charge is 2.02. The highest BCUT2D eigenvalue weighted by atomic mass is 35.5. The van der Waals surface area contributed by atoms with E-state index in [4.69, 9.17) is 9.47 Å². The second kappa shape index (κ2) is 11.9. The molecule has 4 nitrogen and oxygen atoms in total. The molecular weight excluding hydrogens is 251 g/mol. The third-order valence-corrected chi connectivity index (χ3v) is 2.47. The van der Waals surface area contributed by atoms with Crippen molar-refractivity contribution in [2.24, 2.45) is 0 Å². The van der Waals surface area contributed by atoms with Crippen molar-refractivity contribution in [3.8, 4) is 0 Å². The number of likely N-dealkylation sites (N-methyl/N-ethyl adjacent to an activating group) is 2.